The molecule has 0 saturated heterocycles. The lowest BCUT2D eigenvalue weighted by molar-refractivity contribution is 0.0565. The molecule has 0 spiro atoms. The van der Waals surface area contributed by atoms with Gasteiger partial charge in [-0.1, -0.05) is 23.8 Å². The number of carbonyl (C=O) groups excluding carboxylic acids is 2. The number of ether oxygens (including phenoxy) is 1. The zero-order valence-corrected chi connectivity index (χ0v) is 13.2. The van der Waals surface area contributed by atoms with Gasteiger partial charge in [-0.3, -0.25) is 9.69 Å². The highest BCUT2D eigenvalue weighted by molar-refractivity contribution is 6.05. The van der Waals surface area contributed by atoms with Gasteiger partial charge in [-0.05, 0) is 31.5 Å². The summed E-state index contributed by atoms with van der Waals surface area (Å²) in [7, 11) is 1.28. The first kappa shape index (κ1) is 16.5. The molecule has 1 amide bonds. The molecule has 0 atom stereocenters. The lowest BCUT2D eigenvalue weighted by Crippen LogP contribution is -2.31. The summed E-state index contributed by atoms with van der Waals surface area (Å²) in [6, 6.07) is 12.0. The van der Waals surface area contributed by atoms with Gasteiger partial charge in [0.1, 0.15) is 0 Å². The van der Waals surface area contributed by atoms with Crippen molar-refractivity contribution >= 4 is 17.8 Å². The first-order valence-corrected chi connectivity index (χ1v) is 7.22. The Kier molecular flexibility index (Phi) is 5.36. The van der Waals surface area contributed by atoms with Crippen molar-refractivity contribution in [3.8, 4) is 0 Å². The second-order valence-electron chi connectivity index (χ2n) is 5.16. The van der Waals surface area contributed by atoms with Crippen LogP contribution in [0.3, 0.4) is 0 Å². The highest BCUT2D eigenvalue weighted by atomic mass is 16.5. The van der Waals surface area contributed by atoms with Gasteiger partial charge in [0.25, 0.3) is 5.91 Å². The summed E-state index contributed by atoms with van der Waals surface area (Å²) in [6.45, 7) is 6.17. The van der Waals surface area contributed by atoms with E-state index in [1.54, 1.807) is 30.3 Å². The summed E-state index contributed by atoms with van der Waals surface area (Å²) in [4.78, 5) is 25.7. The molecule has 2 rings (SSSR count). The Bertz CT molecular complexity index is 703. The van der Waals surface area contributed by atoms with E-state index in [0.29, 0.717) is 24.4 Å². The molecule has 0 radical (unpaired) electrons. The molecule has 1 aromatic heterocycles. The second kappa shape index (κ2) is 7.45. The van der Waals surface area contributed by atoms with E-state index in [0.717, 1.165) is 5.57 Å². The molecule has 1 heterocycles. The minimum absolute atomic E-state index is 0.0590. The highest BCUT2D eigenvalue weighted by Crippen LogP contribution is 2.22. The van der Waals surface area contributed by atoms with Crippen LogP contribution in [0, 0.1) is 0 Å². The number of carbonyl (C=O) groups is 2. The number of furan rings is 1. The minimum Gasteiger partial charge on any atom is -0.463 e. The molecule has 0 unspecified atom stereocenters. The minimum atomic E-state index is -0.580. The molecule has 5 nitrogen and oxygen atoms in total. The number of methoxy groups -OCH3 is 1. The predicted molar refractivity (Wildman–Crippen MR) is 87.6 cm³/mol. The van der Waals surface area contributed by atoms with E-state index in [4.69, 9.17) is 4.42 Å². The predicted octanol–water partition coefficient (Wildman–Crippen LogP) is 3.68. The van der Waals surface area contributed by atoms with Gasteiger partial charge < -0.3 is 9.15 Å². The molecule has 2 aromatic rings. The zero-order valence-electron chi connectivity index (χ0n) is 13.2. The second-order valence-corrected chi connectivity index (χ2v) is 5.16. The van der Waals surface area contributed by atoms with Crippen LogP contribution in [-0.2, 0) is 4.74 Å². The Balaban J connectivity index is 2.30. The van der Waals surface area contributed by atoms with Crippen LogP contribution in [0.1, 0.15) is 34.3 Å². The monoisotopic (exact) mass is 313 g/mol. The molecule has 0 saturated carbocycles. The molecular weight excluding hydrogens is 294 g/mol. The molecule has 0 aliphatic carbocycles. The summed E-state index contributed by atoms with van der Waals surface area (Å²) in [5.41, 5.74) is 1.50. The molecule has 23 heavy (non-hydrogen) atoms. The van der Waals surface area contributed by atoms with Crippen molar-refractivity contribution in [2.45, 2.75) is 13.3 Å². The van der Waals surface area contributed by atoms with Gasteiger partial charge in [0.2, 0.25) is 11.6 Å². The molecule has 0 bridgehead atoms. The largest absolute Gasteiger partial charge is 0.463 e. The number of anilines is 1. The molecule has 0 N–H and O–H groups in total. The smallest absolute Gasteiger partial charge is 0.374 e. The Morgan fingerprint density at radius 1 is 1.17 bits per heavy atom. The third-order valence-corrected chi connectivity index (χ3v) is 3.27. The van der Waals surface area contributed by atoms with E-state index in [9.17, 15) is 9.59 Å². The third-order valence-electron chi connectivity index (χ3n) is 3.27. The van der Waals surface area contributed by atoms with E-state index in [1.807, 2.05) is 13.0 Å². The van der Waals surface area contributed by atoms with Crippen molar-refractivity contribution in [3.05, 3.63) is 65.9 Å². The first-order chi connectivity index (χ1) is 11.0. The van der Waals surface area contributed by atoms with Crippen molar-refractivity contribution in [1.82, 2.24) is 0 Å². The number of benzene rings is 1. The van der Waals surface area contributed by atoms with Gasteiger partial charge >= 0.3 is 5.97 Å². The summed E-state index contributed by atoms with van der Waals surface area (Å²) in [5.74, 6) is -0.412. The normalized spacial score (nSPS) is 10.2. The maximum atomic E-state index is 12.7. The Morgan fingerprint density at radius 2 is 1.87 bits per heavy atom. The van der Waals surface area contributed by atoms with E-state index in [2.05, 4.69) is 11.3 Å². The van der Waals surface area contributed by atoms with Gasteiger partial charge in [0, 0.05) is 18.2 Å². The number of rotatable bonds is 6. The number of hydrogen-bond acceptors (Lipinski definition) is 4. The van der Waals surface area contributed by atoms with Crippen LogP contribution in [0.2, 0.25) is 0 Å². The maximum absolute atomic E-state index is 12.7. The van der Waals surface area contributed by atoms with Crippen molar-refractivity contribution in [2.24, 2.45) is 0 Å². The quantitative estimate of drug-likeness (QED) is 0.603. The molecule has 5 heteroatoms. The van der Waals surface area contributed by atoms with Crippen LogP contribution in [0.4, 0.5) is 5.88 Å². The van der Waals surface area contributed by atoms with Crippen molar-refractivity contribution in [2.75, 3.05) is 18.6 Å². The average molecular weight is 313 g/mol. The molecule has 120 valence electrons. The van der Waals surface area contributed by atoms with E-state index < -0.39 is 5.97 Å². The number of amides is 1. The van der Waals surface area contributed by atoms with Crippen LogP contribution < -0.4 is 4.90 Å². The molecule has 0 aliphatic heterocycles. The summed E-state index contributed by atoms with van der Waals surface area (Å²) >= 11 is 0. The summed E-state index contributed by atoms with van der Waals surface area (Å²) in [5, 5.41) is 0. The SMILES string of the molecule is C=C(C)CCN(C(=O)c1ccccc1)c1ccc(C(=O)OC)o1. The summed E-state index contributed by atoms with van der Waals surface area (Å²) in [6.07, 6.45) is 0.632. The number of hydrogen-bond donors (Lipinski definition) is 0. The zero-order chi connectivity index (χ0) is 16.8. The van der Waals surface area contributed by atoms with E-state index in [-0.39, 0.29) is 11.7 Å². The molecule has 0 aliphatic rings. The number of nitrogens with zero attached hydrogens (tertiary/aromatic N) is 1. The molecule has 1 aromatic carbocycles. The van der Waals surface area contributed by atoms with Crippen LogP contribution in [0.15, 0.2) is 59.0 Å². The number of esters is 1. The maximum Gasteiger partial charge on any atom is 0.374 e. The van der Waals surface area contributed by atoms with Crippen LogP contribution >= 0.6 is 0 Å². The lowest BCUT2D eigenvalue weighted by atomic mass is 10.1. The van der Waals surface area contributed by atoms with Gasteiger partial charge in [0.15, 0.2) is 0 Å². The standard InChI is InChI=1S/C18H19NO4/c1-13(2)11-12-19(17(20)14-7-5-4-6-8-14)16-10-9-15(23-16)18(21)22-3/h4-10H,1,11-12H2,2-3H3. The van der Waals surface area contributed by atoms with E-state index in [1.165, 1.54) is 18.1 Å². The van der Waals surface area contributed by atoms with Crippen molar-refractivity contribution < 1.29 is 18.7 Å². The van der Waals surface area contributed by atoms with E-state index >= 15 is 0 Å². The Hall–Kier alpha value is -2.82. The third kappa shape index (κ3) is 4.10. The van der Waals surface area contributed by atoms with Crippen LogP contribution in [0.5, 0.6) is 0 Å². The fourth-order valence-electron chi connectivity index (χ4n) is 2.03. The van der Waals surface area contributed by atoms with Gasteiger partial charge in [-0.2, -0.15) is 0 Å². The van der Waals surface area contributed by atoms with Crippen LogP contribution in [0.25, 0.3) is 0 Å². The fraction of sp³-hybridized carbons (Fsp3) is 0.222. The van der Waals surface area contributed by atoms with Crippen LogP contribution in [-0.4, -0.2) is 25.5 Å². The highest BCUT2D eigenvalue weighted by Gasteiger charge is 2.22. The van der Waals surface area contributed by atoms with Crippen molar-refractivity contribution in [1.29, 1.82) is 0 Å². The summed E-state index contributed by atoms with van der Waals surface area (Å²) < 4.78 is 10.1. The lowest BCUT2D eigenvalue weighted by Gasteiger charge is -2.20. The Morgan fingerprint density at radius 3 is 2.48 bits per heavy atom. The van der Waals surface area contributed by atoms with Crippen molar-refractivity contribution in [3.63, 3.8) is 0 Å². The molecule has 0 fully saturated rings. The van der Waals surface area contributed by atoms with Gasteiger partial charge in [-0.15, -0.1) is 6.58 Å². The Labute approximate surface area is 135 Å². The average Bonchev–Trinajstić information content (AvgIpc) is 3.04. The van der Waals surface area contributed by atoms with Gasteiger partial charge in [0.05, 0.1) is 7.11 Å². The fourth-order valence-corrected chi connectivity index (χ4v) is 2.03. The molecular formula is C18H19NO4. The topological polar surface area (TPSA) is 59.8 Å². The first-order valence-electron chi connectivity index (χ1n) is 7.22. The van der Waals surface area contributed by atoms with Gasteiger partial charge in [-0.25, -0.2) is 4.79 Å².